The number of nitrogens with zero attached hydrogens (tertiary/aromatic N) is 3. The Balaban J connectivity index is 0.00000200. The molecule has 1 fully saturated rings. The SMILES string of the molecule is O=S(=O)(O)c1ccc(NN2CN(Cl)CN(Cl)C2)cc1.[NaH]. The van der Waals surface area contributed by atoms with E-state index in [1.54, 1.807) is 5.01 Å². The van der Waals surface area contributed by atoms with Gasteiger partial charge in [0.2, 0.25) is 0 Å². The van der Waals surface area contributed by atoms with E-state index in [1.807, 2.05) is 0 Å². The second-order valence-corrected chi connectivity index (χ2v) is 6.38. The first-order valence-electron chi connectivity index (χ1n) is 5.25. The number of hydrazine groups is 1. The molecule has 2 N–H and O–H groups in total. The molecule has 1 heterocycles. The molecule has 7 nitrogen and oxygen atoms in total. The van der Waals surface area contributed by atoms with Gasteiger partial charge in [-0.3, -0.25) is 4.55 Å². The van der Waals surface area contributed by atoms with Crippen LogP contribution in [-0.2, 0) is 10.1 Å². The molecule has 1 aliphatic rings. The molecule has 20 heavy (non-hydrogen) atoms. The summed E-state index contributed by atoms with van der Waals surface area (Å²) in [5, 5.41) is 1.74. The Morgan fingerprint density at radius 2 is 1.55 bits per heavy atom. The summed E-state index contributed by atoms with van der Waals surface area (Å²) in [7, 11) is -4.17. The quantitative estimate of drug-likeness (QED) is 0.472. The molecular formula is C9H13Cl2N4NaO3S. The van der Waals surface area contributed by atoms with E-state index in [0.717, 1.165) is 0 Å². The molecular weight excluding hydrogens is 338 g/mol. The van der Waals surface area contributed by atoms with Crippen molar-refractivity contribution in [1.82, 2.24) is 13.8 Å². The van der Waals surface area contributed by atoms with Crippen LogP contribution < -0.4 is 5.43 Å². The zero-order valence-electron chi connectivity index (χ0n) is 9.70. The number of benzene rings is 1. The molecule has 1 aliphatic heterocycles. The molecule has 0 spiro atoms. The van der Waals surface area contributed by atoms with Gasteiger partial charge in [-0.1, -0.05) is 0 Å². The maximum absolute atomic E-state index is 10.9. The molecule has 1 aromatic rings. The van der Waals surface area contributed by atoms with Crippen LogP contribution in [0.5, 0.6) is 0 Å². The third kappa shape index (κ3) is 5.30. The summed E-state index contributed by atoms with van der Waals surface area (Å²) in [4.78, 5) is -0.158. The monoisotopic (exact) mass is 350 g/mol. The van der Waals surface area contributed by atoms with Gasteiger partial charge >= 0.3 is 29.6 Å². The van der Waals surface area contributed by atoms with Gasteiger partial charge < -0.3 is 5.43 Å². The second kappa shape index (κ2) is 7.59. The molecule has 1 saturated heterocycles. The Labute approximate surface area is 149 Å². The zero-order valence-corrected chi connectivity index (χ0v) is 12.0. The van der Waals surface area contributed by atoms with Crippen molar-refractivity contribution in [3.63, 3.8) is 0 Å². The molecule has 0 aromatic heterocycles. The van der Waals surface area contributed by atoms with E-state index in [4.69, 9.17) is 28.1 Å². The molecule has 11 heteroatoms. The van der Waals surface area contributed by atoms with Crippen LogP contribution >= 0.6 is 23.6 Å². The van der Waals surface area contributed by atoms with Gasteiger partial charge in [0.05, 0.1) is 24.9 Å². The number of rotatable bonds is 3. The van der Waals surface area contributed by atoms with Crippen LogP contribution in [0.1, 0.15) is 0 Å². The number of anilines is 1. The van der Waals surface area contributed by atoms with Crippen LogP contribution in [0.2, 0.25) is 0 Å². The molecule has 0 aliphatic carbocycles. The van der Waals surface area contributed by atoms with Crippen LogP contribution in [0.15, 0.2) is 29.2 Å². The zero-order chi connectivity index (χ0) is 14.0. The Kier molecular flexibility index (Phi) is 7.00. The maximum atomic E-state index is 10.9. The molecule has 0 saturated carbocycles. The van der Waals surface area contributed by atoms with Gasteiger partial charge in [0.15, 0.2) is 0 Å². The van der Waals surface area contributed by atoms with E-state index in [0.29, 0.717) is 25.7 Å². The molecule has 0 bridgehead atoms. The molecule has 108 valence electrons. The van der Waals surface area contributed by atoms with Gasteiger partial charge in [-0.05, 0) is 47.8 Å². The van der Waals surface area contributed by atoms with E-state index in [9.17, 15) is 8.42 Å². The van der Waals surface area contributed by atoms with E-state index in [2.05, 4.69) is 5.43 Å². The second-order valence-electron chi connectivity index (χ2n) is 4.00. The van der Waals surface area contributed by atoms with E-state index in [-0.39, 0.29) is 34.5 Å². The van der Waals surface area contributed by atoms with Gasteiger partial charge in [0.1, 0.15) is 0 Å². The van der Waals surface area contributed by atoms with Crippen LogP contribution in [0.4, 0.5) is 5.69 Å². The van der Waals surface area contributed by atoms with Crippen molar-refractivity contribution in [2.45, 2.75) is 4.90 Å². The fourth-order valence-corrected chi connectivity index (χ4v) is 2.68. The predicted molar refractivity (Wildman–Crippen MR) is 78.9 cm³/mol. The Bertz CT molecular complexity index is 535. The van der Waals surface area contributed by atoms with Crippen LogP contribution in [-0.4, -0.2) is 76.4 Å². The average Bonchev–Trinajstić information content (AvgIpc) is 2.26. The van der Waals surface area contributed by atoms with Gasteiger partial charge in [-0.15, -0.1) is 0 Å². The van der Waals surface area contributed by atoms with Crippen LogP contribution in [0, 0.1) is 0 Å². The number of halogens is 2. The van der Waals surface area contributed by atoms with Gasteiger partial charge in [-0.2, -0.15) is 22.3 Å². The Morgan fingerprint density at radius 1 is 1.05 bits per heavy atom. The standard InChI is InChI=1S/C9H12Cl2N4O3S.Na.H/c10-13-5-14(11)7-15(6-13)12-8-1-3-9(4-2-8)19(16,17)18;;/h1-4,12H,5-7H2,(H,16,17,18);;. The minimum atomic E-state index is -4.17. The van der Waals surface area contributed by atoms with E-state index < -0.39 is 10.1 Å². The summed E-state index contributed by atoms with van der Waals surface area (Å²) >= 11 is 11.7. The first-order valence-corrected chi connectivity index (χ1v) is 7.37. The summed E-state index contributed by atoms with van der Waals surface area (Å²) in [6.07, 6.45) is 0. The normalized spacial score (nSPS) is 18.6. The van der Waals surface area contributed by atoms with Crippen molar-refractivity contribution in [1.29, 1.82) is 0 Å². The molecule has 0 amide bonds. The number of hydrogen-bond acceptors (Lipinski definition) is 6. The van der Waals surface area contributed by atoms with Crippen molar-refractivity contribution in [3.05, 3.63) is 24.3 Å². The first kappa shape index (κ1) is 18.4. The summed E-state index contributed by atoms with van der Waals surface area (Å²) in [5.74, 6) is 0. The van der Waals surface area contributed by atoms with Crippen molar-refractivity contribution < 1.29 is 13.0 Å². The summed E-state index contributed by atoms with van der Waals surface area (Å²) in [6, 6.07) is 5.68. The fourth-order valence-electron chi connectivity index (χ4n) is 1.63. The number of nitrogens with one attached hydrogen (secondary N) is 1. The van der Waals surface area contributed by atoms with Gasteiger partial charge in [-0.25, -0.2) is 0 Å². The van der Waals surface area contributed by atoms with Gasteiger partial charge in [0.25, 0.3) is 10.1 Å². The minimum absolute atomic E-state index is 0. The third-order valence-electron chi connectivity index (χ3n) is 2.39. The predicted octanol–water partition coefficient (Wildman–Crippen LogP) is 0.711. The number of hydrogen-bond donors (Lipinski definition) is 2. The average molecular weight is 351 g/mol. The van der Waals surface area contributed by atoms with Crippen molar-refractivity contribution in [2.24, 2.45) is 0 Å². The Morgan fingerprint density at radius 3 is 2.00 bits per heavy atom. The molecule has 0 atom stereocenters. The molecule has 0 unspecified atom stereocenters. The van der Waals surface area contributed by atoms with Crippen LogP contribution in [0.3, 0.4) is 0 Å². The van der Waals surface area contributed by atoms with Crippen LogP contribution in [0.25, 0.3) is 0 Å². The van der Waals surface area contributed by atoms with E-state index in [1.165, 1.54) is 33.1 Å². The Hall–Kier alpha value is 0.390. The van der Waals surface area contributed by atoms with E-state index >= 15 is 0 Å². The topological polar surface area (TPSA) is 76.1 Å². The van der Waals surface area contributed by atoms with Crippen molar-refractivity contribution in [3.8, 4) is 0 Å². The van der Waals surface area contributed by atoms with Crippen molar-refractivity contribution in [2.75, 3.05) is 25.4 Å². The summed E-state index contributed by atoms with van der Waals surface area (Å²) in [6.45, 7) is 1.33. The first-order chi connectivity index (χ1) is 8.84. The summed E-state index contributed by atoms with van der Waals surface area (Å²) < 4.78 is 33.6. The summed E-state index contributed by atoms with van der Waals surface area (Å²) in [5.41, 5.74) is 3.68. The molecule has 1 aromatic carbocycles. The van der Waals surface area contributed by atoms with Gasteiger partial charge in [0, 0.05) is 5.69 Å². The molecule has 0 radical (unpaired) electrons. The molecule has 2 rings (SSSR count). The third-order valence-corrected chi connectivity index (χ3v) is 3.69. The fraction of sp³-hybridized carbons (Fsp3) is 0.333. The van der Waals surface area contributed by atoms with Crippen molar-refractivity contribution >= 4 is 68.9 Å².